The van der Waals surface area contributed by atoms with E-state index in [1.807, 2.05) is 0 Å². The predicted molar refractivity (Wildman–Crippen MR) is 88.6 cm³/mol. The van der Waals surface area contributed by atoms with Crippen LogP contribution in [0.15, 0.2) is 42.5 Å². The molecule has 0 bridgehead atoms. The Bertz CT molecular complexity index is 791. The van der Waals surface area contributed by atoms with Crippen LogP contribution >= 0.6 is 11.3 Å². The largest absolute Gasteiger partial charge is 0.294 e. The highest BCUT2D eigenvalue weighted by molar-refractivity contribution is 7.18. The Hall–Kier alpha value is -1.71. The lowest BCUT2D eigenvalue weighted by atomic mass is 9.99. The van der Waals surface area contributed by atoms with Crippen LogP contribution in [0.4, 0.5) is 0 Å². The van der Waals surface area contributed by atoms with Crippen LogP contribution in [0.2, 0.25) is 0 Å². The van der Waals surface area contributed by atoms with E-state index in [0.717, 1.165) is 36.6 Å². The van der Waals surface area contributed by atoms with Crippen molar-refractivity contribution in [2.45, 2.75) is 26.4 Å². The summed E-state index contributed by atoms with van der Waals surface area (Å²) in [5.74, 6) is 0. The van der Waals surface area contributed by atoms with Crippen molar-refractivity contribution in [2.75, 3.05) is 6.54 Å². The van der Waals surface area contributed by atoms with Crippen LogP contribution in [0, 0.1) is 6.92 Å². The molecular weight excluding hydrogens is 276 g/mol. The minimum Gasteiger partial charge on any atom is -0.294 e. The van der Waals surface area contributed by atoms with Crippen molar-refractivity contribution in [1.29, 1.82) is 0 Å². The number of benzene rings is 2. The highest BCUT2D eigenvalue weighted by atomic mass is 32.1. The Kier molecular flexibility index (Phi) is 3.24. The van der Waals surface area contributed by atoms with Gasteiger partial charge in [0.25, 0.3) is 0 Å². The summed E-state index contributed by atoms with van der Waals surface area (Å²) in [6.07, 6.45) is 1.16. The molecule has 106 valence electrons. The summed E-state index contributed by atoms with van der Waals surface area (Å²) in [5.41, 5.74) is 5.52. The van der Waals surface area contributed by atoms with Crippen LogP contribution in [0.3, 0.4) is 0 Å². The summed E-state index contributed by atoms with van der Waals surface area (Å²) in [5, 5.41) is 1.15. The fourth-order valence-electron chi connectivity index (χ4n) is 3.13. The Balaban J connectivity index is 1.55. The SMILES string of the molecule is Cc1nc2ccc(CN3CCc4ccccc4C3)cc2s1. The second-order valence-corrected chi connectivity index (χ2v) is 7.00. The van der Waals surface area contributed by atoms with Gasteiger partial charge >= 0.3 is 0 Å². The van der Waals surface area contributed by atoms with Gasteiger partial charge < -0.3 is 0 Å². The predicted octanol–water partition coefficient (Wildman–Crippen LogP) is 4.16. The third-order valence-electron chi connectivity index (χ3n) is 4.18. The summed E-state index contributed by atoms with van der Waals surface area (Å²) in [6.45, 7) is 5.32. The zero-order chi connectivity index (χ0) is 14.2. The average molecular weight is 294 g/mol. The molecule has 2 aromatic carbocycles. The summed E-state index contributed by atoms with van der Waals surface area (Å²) in [6, 6.07) is 15.5. The molecular formula is C18H18N2S. The van der Waals surface area contributed by atoms with Gasteiger partial charge in [-0.3, -0.25) is 4.90 Å². The Labute approximate surface area is 129 Å². The third-order valence-corrected chi connectivity index (χ3v) is 5.11. The molecule has 3 heteroatoms. The second-order valence-electron chi connectivity index (χ2n) is 5.76. The monoisotopic (exact) mass is 294 g/mol. The molecule has 0 N–H and O–H groups in total. The van der Waals surface area contributed by atoms with E-state index in [1.165, 1.54) is 21.4 Å². The molecule has 4 rings (SSSR count). The first-order valence-corrected chi connectivity index (χ1v) is 8.25. The molecule has 0 spiro atoms. The number of nitrogens with zero attached hydrogens (tertiary/aromatic N) is 2. The molecule has 0 saturated heterocycles. The van der Waals surface area contributed by atoms with Crippen LogP contribution in [-0.4, -0.2) is 16.4 Å². The lowest BCUT2D eigenvalue weighted by molar-refractivity contribution is 0.245. The minimum atomic E-state index is 1.03. The normalized spacial score (nSPS) is 15.3. The maximum absolute atomic E-state index is 4.54. The fraction of sp³-hybridized carbons (Fsp3) is 0.278. The zero-order valence-corrected chi connectivity index (χ0v) is 13.0. The molecule has 1 aliphatic heterocycles. The molecule has 1 aliphatic rings. The van der Waals surface area contributed by atoms with Gasteiger partial charge in [0.2, 0.25) is 0 Å². The number of hydrogen-bond acceptors (Lipinski definition) is 3. The topological polar surface area (TPSA) is 16.1 Å². The number of hydrogen-bond donors (Lipinski definition) is 0. The first-order valence-electron chi connectivity index (χ1n) is 7.43. The number of fused-ring (bicyclic) bond motifs is 2. The van der Waals surface area contributed by atoms with Gasteiger partial charge in [0, 0.05) is 19.6 Å². The van der Waals surface area contributed by atoms with Crippen molar-refractivity contribution in [3.05, 3.63) is 64.2 Å². The molecule has 0 saturated carbocycles. The minimum absolute atomic E-state index is 1.03. The molecule has 0 amide bonds. The van der Waals surface area contributed by atoms with Crippen LogP contribution in [0.25, 0.3) is 10.2 Å². The molecule has 0 aliphatic carbocycles. The van der Waals surface area contributed by atoms with Crippen LogP contribution in [0.5, 0.6) is 0 Å². The van der Waals surface area contributed by atoms with Gasteiger partial charge in [-0.15, -0.1) is 11.3 Å². The van der Waals surface area contributed by atoms with Gasteiger partial charge in [0.15, 0.2) is 0 Å². The maximum atomic E-state index is 4.54. The smallest absolute Gasteiger partial charge is 0.0907 e. The molecule has 21 heavy (non-hydrogen) atoms. The molecule has 2 heterocycles. The van der Waals surface area contributed by atoms with Gasteiger partial charge in [-0.25, -0.2) is 4.98 Å². The van der Waals surface area contributed by atoms with E-state index in [9.17, 15) is 0 Å². The zero-order valence-electron chi connectivity index (χ0n) is 12.2. The molecule has 0 atom stereocenters. The third kappa shape index (κ3) is 2.59. The van der Waals surface area contributed by atoms with Gasteiger partial charge in [0.05, 0.1) is 15.2 Å². The van der Waals surface area contributed by atoms with Crippen molar-refractivity contribution >= 4 is 21.6 Å². The van der Waals surface area contributed by atoms with Crippen molar-refractivity contribution in [1.82, 2.24) is 9.88 Å². The van der Waals surface area contributed by atoms with Crippen LogP contribution < -0.4 is 0 Å². The molecule has 0 unspecified atom stereocenters. The van der Waals surface area contributed by atoms with Crippen molar-refractivity contribution < 1.29 is 0 Å². The Morgan fingerprint density at radius 2 is 2.00 bits per heavy atom. The van der Waals surface area contributed by atoms with E-state index in [4.69, 9.17) is 0 Å². The van der Waals surface area contributed by atoms with Gasteiger partial charge in [-0.2, -0.15) is 0 Å². The Morgan fingerprint density at radius 1 is 1.14 bits per heavy atom. The lowest BCUT2D eigenvalue weighted by Crippen LogP contribution is -2.29. The summed E-state index contributed by atoms with van der Waals surface area (Å²) >= 11 is 1.79. The standard InChI is InChI=1S/C18H18N2S/c1-13-19-17-7-6-14(10-18(17)21-13)11-20-9-8-15-4-2-3-5-16(15)12-20/h2-7,10H,8-9,11-12H2,1H3. The van der Waals surface area contributed by atoms with Crippen molar-refractivity contribution in [2.24, 2.45) is 0 Å². The van der Waals surface area contributed by atoms with E-state index >= 15 is 0 Å². The van der Waals surface area contributed by atoms with E-state index in [0.29, 0.717) is 0 Å². The summed E-state index contributed by atoms with van der Waals surface area (Å²) < 4.78 is 1.31. The average Bonchev–Trinajstić information content (AvgIpc) is 2.86. The fourth-order valence-corrected chi connectivity index (χ4v) is 4.02. The van der Waals surface area contributed by atoms with Gasteiger partial charge in [-0.05, 0) is 42.2 Å². The van der Waals surface area contributed by atoms with Crippen molar-refractivity contribution in [3.8, 4) is 0 Å². The van der Waals surface area contributed by atoms with E-state index in [1.54, 1.807) is 11.3 Å². The van der Waals surface area contributed by atoms with Crippen LogP contribution in [-0.2, 0) is 19.5 Å². The van der Waals surface area contributed by atoms with Gasteiger partial charge in [0.1, 0.15) is 0 Å². The van der Waals surface area contributed by atoms with E-state index in [2.05, 4.69) is 59.3 Å². The van der Waals surface area contributed by atoms with Crippen LogP contribution in [0.1, 0.15) is 21.7 Å². The van der Waals surface area contributed by atoms with E-state index in [-0.39, 0.29) is 0 Å². The summed E-state index contributed by atoms with van der Waals surface area (Å²) in [4.78, 5) is 7.07. The Morgan fingerprint density at radius 3 is 2.90 bits per heavy atom. The number of aryl methyl sites for hydroxylation is 1. The molecule has 1 aromatic heterocycles. The first kappa shape index (κ1) is 13.0. The maximum Gasteiger partial charge on any atom is 0.0907 e. The van der Waals surface area contributed by atoms with Gasteiger partial charge in [-0.1, -0.05) is 30.3 Å². The summed E-state index contributed by atoms with van der Waals surface area (Å²) in [7, 11) is 0. The molecule has 0 radical (unpaired) electrons. The quantitative estimate of drug-likeness (QED) is 0.705. The van der Waals surface area contributed by atoms with Crippen molar-refractivity contribution in [3.63, 3.8) is 0 Å². The lowest BCUT2D eigenvalue weighted by Gasteiger charge is -2.28. The first-order chi connectivity index (χ1) is 10.3. The molecule has 2 nitrogen and oxygen atoms in total. The highest BCUT2D eigenvalue weighted by Gasteiger charge is 2.15. The van der Waals surface area contributed by atoms with E-state index < -0.39 is 0 Å². The molecule has 3 aromatic rings. The number of thiazole rings is 1. The molecule has 0 fully saturated rings. The highest BCUT2D eigenvalue weighted by Crippen LogP contribution is 2.25. The number of rotatable bonds is 2. The second kappa shape index (κ2) is 5.24. The number of aromatic nitrogens is 1.